The van der Waals surface area contributed by atoms with Crippen LogP contribution in [0.15, 0.2) is 42.0 Å². The summed E-state index contributed by atoms with van der Waals surface area (Å²) in [6.45, 7) is 7.71. The lowest BCUT2D eigenvalue weighted by molar-refractivity contribution is -0.840. The number of carbonyl (C=O) groups is 1. The monoisotopic (exact) mass is 515 g/mol. The Labute approximate surface area is 220 Å². The number of methoxy groups -OCH3 is 1. The number of rotatable bonds is 11. The molecule has 0 bridgehead atoms. The van der Waals surface area contributed by atoms with Gasteiger partial charge in [0.15, 0.2) is 0 Å². The van der Waals surface area contributed by atoms with Crippen LogP contribution in [0.4, 0.5) is 0 Å². The molecule has 0 amide bonds. The summed E-state index contributed by atoms with van der Waals surface area (Å²) in [5, 5.41) is 11.6. The molecule has 1 aromatic rings. The predicted molar refractivity (Wildman–Crippen MR) is 141 cm³/mol. The molecule has 6 atom stereocenters. The Bertz CT molecular complexity index is 1000. The summed E-state index contributed by atoms with van der Waals surface area (Å²) in [7, 11) is 4.84. The Balaban J connectivity index is 1.35. The van der Waals surface area contributed by atoms with E-state index < -0.39 is 10.6 Å². The molecule has 2 heterocycles. The third-order valence-corrected chi connectivity index (χ3v) is 7.70. The maximum atomic E-state index is 12.7. The molecule has 3 fully saturated rings. The van der Waals surface area contributed by atoms with E-state index in [2.05, 4.69) is 26.8 Å². The van der Waals surface area contributed by atoms with Crippen LogP contribution in [0, 0.1) is 11.1 Å². The van der Waals surface area contributed by atoms with Crippen molar-refractivity contribution in [2.24, 2.45) is 5.92 Å². The number of ether oxygens (including phenoxy) is 5. The third-order valence-electron chi connectivity index (χ3n) is 7.70. The number of quaternary nitrogens is 1. The van der Waals surface area contributed by atoms with E-state index in [0.29, 0.717) is 31.9 Å². The van der Waals surface area contributed by atoms with Gasteiger partial charge in [-0.15, -0.1) is 0 Å². The van der Waals surface area contributed by atoms with E-state index in [1.165, 1.54) is 11.6 Å². The highest BCUT2D eigenvalue weighted by Crippen LogP contribution is 2.59. The number of hydroxylamine groups is 3. The van der Waals surface area contributed by atoms with Crippen LogP contribution in [0.25, 0.3) is 6.08 Å². The summed E-state index contributed by atoms with van der Waals surface area (Å²) in [4.78, 5) is 12.7. The van der Waals surface area contributed by atoms with Crippen molar-refractivity contribution < 1.29 is 33.1 Å². The van der Waals surface area contributed by atoms with E-state index >= 15 is 0 Å². The largest absolute Gasteiger partial charge is 0.633 e. The molecule has 0 N–H and O–H groups in total. The van der Waals surface area contributed by atoms with E-state index in [4.69, 9.17) is 23.7 Å². The lowest BCUT2D eigenvalue weighted by Crippen LogP contribution is -2.55. The first-order valence-electron chi connectivity index (χ1n) is 13.1. The van der Waals surface area contributed by atoms with Gasteiger partial charge in [-0.3, -0.25) is 0 Å². The van der Waals surface area contributed by atoms with Gasteiger partial charge in [-0.05, 0) is 63.8 Å². The van der Waals surface area contributed by atoms with Crippen LogP contribution in [0.2, 0.25) is 0 Å². The molecule has 0 aromatic heterocycles. The number of benzene rings is 1. The standard InChI is InChI=1S/C29H41NO7/c1-20(2)7-13-24-28(3,37-24)27-26(33-6)23(15-16-29(27)19-35-29)36-25(31)14-10-21-8-11-22(12-9-21)34-18-17-30(4,5)32/h7-12,14,23-24,26-27H,13,15-19H2,1-6H3/b14-10+/t23-,24?,26-,27-,28?,29+/m1/s1. The van der Waals surface area contributed by atoms with E-state index in [-0.39, 0.29) is 35.4 Å². The van der Waals surface area contributed by atoms with E-state index in [0.717, 1.165) is 18.4 Å². The fraction of sp³-hybridized carbons (Fsp3) is 0.621. The molecular formula is C29H41NO7. The second-order valence-electron chi connectivity index (χ2n) is 11.4. The van der Waals surface area contributed by atoms with Crippen molar-refractivity contribution in [2.45, 2.75) is 69.5 Å². The van der Waals surface area contributed by atoms with E-state index in [1.54, 1.807) is 27.3 Å². The number of epoxide rings is 2. The molecule has 4 rings (SSSR count). The normalized spacial score (nSPS) is 32.8. The maximum Gasteiger partial charge on any atom is 0.331 e. The van der Waals surface area contributed by atoms with Gasteiger partial charge in [-0.1, -0.05) is 23.8 Å². The second-order valence-corrected chi connectivity index (χ2v) is 11.4. The molecule has 8 heteroatoms. The molecule has 2 aliphatic heterocycles. The molecule has 8 nitrogen and oxygen atoms in total. The zero-order chi connectivity index (χ0) is 26.8. The Hall–Kier alpha value is -2.23. The topological polar surface area (TPSA) is 92.9 Å². The summed E-state index contributed by atoms with van der Waals surface area (Å²) in [5.41, 5.74) is 1.50. The molecule has 1 saturated carbocycles. The first kappa shape index (κ1) is 27.8. The highest BCUT2D eigenvalue weighted by molar-refractivity contribution is 5.87. The van der Waals surface area contributed by atoms with Crippen LogP contribution < -0.4 is 4.74 Å². The molecule has 3 aliphatic rings. The molecular weight excluding hydrogens is 474 g/mol. The average molecular weight is 516 g/mol. The van der Waals surface area contributed by atoms with E-state index in [9.17, 15) is 10.0 Å². The highest BCUT2D eigenvalue weighted by Gasteiger charge is 2.72. The molecule has 1 aliphatic carbocycles. The highest BCUT2D eigenvalue weighted by atomic mass is 16.6. The number of carbonyl (C=O) groups excluding carboxylic acids is 1. The quantitative estimate of drug-likeness (QED) is 0.108. The minimum Gasteiger partial charge on any atom is -0.633 e. The van der Waals surface area contributed by atoms with Gasteiger partial charge in [-0.25, -0.2) is 4.79 Å². The van der Waals surface area contributed by atoms with Gasteiger partial charge in [0.25, 0.3) is 0 Å². The van der Waals surface area contributed by atoms with Gasteiger partial charge in [0.2, 0.25) is 0 Å². The van der Waals surface area contributed by atoms with Crippen LogP contribution in [-0.4, -0.2) is 81.1 Å². The van der Waals surface area contributed by atoms with Gasteiger partial charge < -0.3 is 33.5 Å². The number of allylic oxidation sites excluding steroid dienone is 1. The smallest absolute Gasteiger partial charge is 0.331 e. The molecule has 204 valence electrons. The summed E-state index contributed by atoms with van der Waals surface area (Å²) in [6, 6.07) is 7.35. The van der Waals surface area contributed by atoms with Gasteiger partial charge in [0, 0.05) is 13.2 Å². The van der Waals surface area contributed by atoms with Crippen molar-refractivity contribution >= 4 is 12.0 Å². The second kappa shape index (κ2) is 10.9. The minimum atomic E-state index is -0.405. The molecule has 1 spiro atoms. The summed E-state index contributed by atoms with van der Waals surface area (Å²) in [6.07, 6.45) is 7.17. The average Bonchev–Trinajstić information content (AvgIpc) is 3.74. The maximum absolute atomic E-state index is 12.7. The van der Waals surface area contributed by atoms with Crippen molar-refractivity contribution in [3.8, 4) is 5.75 Å². The zero-order valence-electron chi connectivity index (χ0n) is 22.9. The first-order chi connectivity index (χ1) is 17.5. The van der Waals surface area contributed by atoms with Crippen molar-refractivity contribution in [3.05, 3.63) is 52.8 Å². The van der Waals surface area contributed by atoms with Gasteiger partial charge in [0.05, 0.1) is 32.7 Å². The molecule has 1 aromatic carbocycles. The van der Waals surface area contributed by atoms with Gasteiger partial charge in [0.1, 0.15) is 42.3 Å². The number of hydrogen-bond acceptors (Lipinski definition) is 7. The van der Waals surface area contributed by atoms with Crippen molar-refractivity contribution in [2.75, 3.05) is 41.0 Å². The minimum absolute atomic E-state index is 0.00498. The fourth-order valence-electron chi connectivity index (χ4n) is 5.48. The van der Waals surface area contributed by atoms with Crippen LogP contribution >= 0.6 is 0 Å². The Morgan fingerprint density at radius 3 is 2.54 bits per heavy atom. The van der Waals surface area contributed by atoms with Crippen molar-refractivity contribution in [3.63, 3.8) is 0 Å². The zero-order valence-corrected chi connectivity index (χ0v) is 22.9. The molecule has 2 saturated heterocycles. The fourth-order valence-corrected chi connectivity index (χ4v) is 5.48. The Morgan fingerprint density at radius 2 is 1.95 bits per heavy atom. The first-order valence-corrected chi connectivity index (χ1v) is 13.1. The van der Waals surface area contributed by atoms with Crippen molar-refractivity contribution in [1.29, 1.82) is 0 Å². The third kappa shape index (κ3) is 6.81. The molecule has 37 heavy (non-hydrogen) atoms. The number of nitrogens with zero attached hydrogens (tertiary/aromatic N) is 1. The molecule has 0 radical (unpaired) electrons. The van der Waals surface area contributed by atoms with Crippen LogP contribution in [0.5, 0.6) is 5.75 Å². The molecule has 2 unspecified atom stereocenters. The number of likely N-dealkylation sites (N-methyl/N-ethyl adjacent to an activating group) is 1. The Morgan fingerprint density at radius 1 is 1.24 bits per heavy atom. The predicted octanol–water partition coefficient (Wildman–Crippen LogP) is 4.27. The lowest BCUT2D eigenvalue weighted by atomic mass is 9.68. The van der Waals surface area contributed by atoms with Gasteiger partial charge in [-0.2, -0.15) is 0 Å². The number of esters is 1. The van der Waals surface area contributed by atoms with Gasteiger partial charge >= 0.3 is 5.97 Å². The van der Waals surface area contributed by atoms with Crippen LogP contribution in [-0.2, 0) is 23.7 Å². The summed E-state index contributed by atoms with van der Waals surface area (Å²) in [5.74, 6) is 0.270. The Kier molecular flexibility index (Phi) is 8.16. The SMILES string of the molecule is CO[C@H]1[C@H](C2(C)OC2CC=C(C)C)[C@]2(CC[C@H]1OC(=O)/C=C/c1ccc(OCC[N+](C)(C)[O-])cc1)CO2. The summed E-state index contributed by atoms with van der Waals surface area (Å²) < 4.78 is 29.3. The number of hydrogen-bond donors (Lipinski definition) is 0. The van der Waals surface area contributed by atoms with Crippen LogP contribution in [0.1, 0.15) is 45.6 Å². The lowest BCUT2D eigenvalue weighted by Gasteiger charge is -2.42. The van der Waals surface area contributed by atoms with Crippen LogP contribution in [0.3, 0.4) is 0 Å². The van der Waals surface area contributed by atoms with Crippen molar-refractivity contribution in [1.82, 2.24) is 0 Å². The summed E-state index contributed by atoms with van der Waals surface area (Å²) >= 11 is 0. The van der Waals surface area contributed by atoms with E-state index in [1.807, 2.05) is 24.3 Å².